The fourth-order valence-electron chi connectivity index (χ4n) is 3.79. The fourth-order valence-corrected chi connectivity index (χ4v) is 4.39. The lowest BCUT2D eigenvalue weighted by Crippen LogP contribution is -2.13. The molecule has 0 N–H and O–H groups in total. The van der Waals surface area contributed by atoms with Crippen LogP contribution in [-0.2, 0) is 22.4 Å². The van der Waals surface area contributed by atoms with Crippen LogP contribution in [0.3, 0.4) is 0 Å². The minimum Gasteiger partial charge on any atom is -0.493 e. The number of benzene rings is 2. The molecule has 0 radical (unpaired) electrons. The Morgan fingerprint density at radius 2 is 1.56 bits per heavy atom. The first kappa shape index (κ1) is 25.3. The number of carbonyl (C=O) groups excluding carboxylic acids is 2. The molecule has 0 saturated carbocycles. The van der Waals surface area contributed by atoms with Gasteiger partial charge in [-0.25, -0.2) is 0 Å². The van der Waals surface area contributed by atoms with Crippen molar-refractivity contribution in [1.82, 2.24) is 9.97 Å². The number of aromatic nitrogens is 2. The van der Waals surface area contributed by atoms with Gasteiger partial charge in [-0.2, -0.15) is 0 Å². The molecule has 0 spiro atoms. The van der Waals surface area contributed by atoms with Crippen LogP contribution in [0.2, 0.25) is 0 Å². The highest BCUT2D eigenvalue weighted by atomic mass is 79.9. The Bertz CT molecular complexity index is 1420. The highest BCUT2D eigenvalue weighted by molar-refractivity contribution is 9.10. The molecular weight excluding hydrogens is 524 g/mol. The summed E-state index contributed by atoms with van der Waals surface area (Å²) < 4.78 is 17.6. The van der Waals surface area contributed by atoms with Crippen molar-refractivity contribution in [3.63, 3.8) is 0 Å². The summed E-state index contributed by atoms with van der Waals surface area (Å²) >= 11 is 3.43. The molecule has 0 saturated heterocycles. The highest BCUT2D eigenvalue weighted by Gasteiger charge is 2.15. The Morgan fingerprint density at radius 3 is 2.25 bits per heavy atom. The summed E-state index contributed by atoms with van der Waals surface area (Å²) in [7, 11) is 3.15. The number of ketones is 2. The predicted molar refractivity (Wildman–Crippen MR) is 140 cm³/mol. The molecule has 0 aliphatic heterocycles. The number of carbonyl (C=O) groups is 2. The van der Waals surface area contributed by atoms with E-state index in [2.05, 4.69) is 25.9 Å². The summed E-state index contributed by atoms with van der Waals surface area (Å²) in [5, 5.41) is 0.780. The number of hydrogen-bond donors (Lipinski definition) is 0. The monoisotopic (exact) mass is 548 g/mol. The van der Waals surface area contributed by atoms with Gasteiger partial charge in [0.2, 0.25) is 0 Å². The third-order valence-electron chi connectivity index (χ3n) is 5.57. The van der Waals surface area contributed by atoms with Gasteiger partial charge >= 0.3 is 0 Å². The third kappa shape index (κ3) is 6.07. The van der Waals surface area contributed by atoms with Crippen LogP contribution in [0.25, 0.3) is 10.9 Å². The number of aryl methyl sites for hydroxylation is 1. The maximum Gasteiger partial charge on any atom is 0.162 e. The van der Waals surface area contributed by atoms with Gasteiger partial charge in [-0.15, -0.1) is 0 Å². The van der Waals surface area contributed by atoms with Crippen molar-refractivity contribution in [3.8, 4) is 23.0 Å². The first-order chi connectivity index (χ1) is 17.4. The Labute approximate surface area is 217 Å². The van der Waals surface area contributed by atoms with Crippen molar-refractivity contribution in [2.75, 3.05) is 14.2 Å². The van der Waals surface area contributed by atoms with E-state index in [0.717, 1.165) is 21.0 Å². The zero-order chi connectivity index (χ0) is 25.7. The standard InChI is InChI=1S/C28H25BrN2O5/c1-17-10-23(29)25(31-16-17)13-20(33)12-19(32)11-18-4-6-21(7-5-18)36-26-8-9-30-24-15-28(35-3)27(34-2)14-22(24)26/h4-10,14-16H,11-13H2,1-3H3. The molecule has 0 unspecified atom stereocenters. The molecule has 8 heteroatoms. The van der Waals surface area contributed by atoms with E-state index in [1.54, 1.807) is 50.9 Å². The number of fused-ring (bicyclic) bond motifs is 1. The van der Waals surface area contributed by atoms with E-state index in [9.17, 15) is 9.59 Å². The van der Waals surface area contributed by atoms with Crippen LogP contribution < -0.4 is 14.2 Å². The molecular formula is C28H25BrN2O5. The first-order valence-electron chi connectivity index (χ1n) is 11.3. The van der Waals surface area contributed by atoms with Crippen LogP contribution in [0.1, 0.15) is 23.2 Å². The average molecular weight is 549 g/mol. The number of pyridine rings is 2. The summed E-state index contributed by atoms with van der Waals surface area (Å²) in [4.78, 5) is 33.5. The van der Waals surface area contributed by atoms with Gasteiger partial charge in [0.1, 0.15) is 23.1 Å². The largest absolute Gasteiger partial charge is 0.493 e. The van der Waals surface area contributed by atoms with Crippen LogP contribution >= 0.6 is 15.9 Å². The van der Waals surface area contributed by atoms with Gasteiger partial charge < -0.3 is 14.2 Å². The molecule has 2 aromatic heterocycles. The highest BCUT2D eigenvalue weighted by Crippen LogP contribution is 2.36. The second-order valence-corrected chi connectivity index (χ2v) is 9.18. The Morgan fingerprint density at radius 1 is 0.861 bits per heavy atom. The normalized spacial score (nSPS) is 10.8. The topological polar surface area (TPSA) is 87.6 Å². The Hall–Kier alpha value is -3.78. The zero-order valence-electron chi connectivity index (χ0n) is 20.2. The number of ether oxygens (including phenoxy) is 3. The fraction of sp³-hybridized carbons (Fsp3) is 0.214. The number of nitrogens with zero attached hydrogens (tertiary/aromatic N) is 2. The van der Waals surface area contributed by atoms with E-state index in [1.807, 2.05) is 31.2 Å². The quantitative estimate of drug-likeness (QED) is 0.230. The second-order valence-electron chi connectivity index (χ2n) is 8.33. The lowest BCUT2D eigenvalue weighted by Gasteiger charge is -2.12. The maximum atomic E-state index is 12.5. The third-order valence-corrected chi connectivity index (χ3v) is 6.26. The van der Waals surface area contributed by atoms with E-state index in [1.165, 1.54) is 0 Å². The first-order valence-corrected chi connectivity index (χ1v) is 12.1. The molecule has 4 rings (SSSR count). The number of methoxy groups -OCH3 is 2. The van der Waals surface area contributed by atoms with Gasteiger partial charge in [0.15, 0.2) is 11.5 Å². The van der Waals surface area contributed by atoms with E-state index in [0.29, 0.717) is 34.2 Å². The molecule has 7 nitrogen and oxygen atoms in total. The van der Waals surface area contributed by atoms with Crippen molar-refractivity contribution in [2.24, 2.45) is 0 Å². The second kappa shape index (κ2) is 11.3. The van der Waals surface area contributed by atoms with E-state index in [4.69, 9.17) is 14.2 Å². The van der Waals surface area contributed by atoms with Crippen molar-refractivity contribution in [3.05, 3.63) is 82.2 Å². The number of halogens is 1. The molecule has 36 heavy (non-hydrogen) atoms. The van der Waals surface area contributed by atoms with Crippen LogP contribution in [0.5, 0.6) is 23.0 Å². The summed E-state index contributed by atoms with van der Waals surface area (Å²) in [5.74, 6) is 2.10. The minimum absolute atomic E-state index is 0.121. The van der Waals surface area contributed by atoms with Gasteiger partial charge in [-0.1, -0.05) is 12.1 Å². The van der Waals surface area contributed by atoms with E-state index >= 15 is 0 Å². The van der Waals surface area contributed by atoms with E-state index in [-0.39, 0.29) is 30.8 Å². The predicted octanol–water partition coefficient (Wildman–Crippen LogP) is 5.82. The molecule has 2 aromatic carbocycles. The van der Waals surface area contributed by atoms with Crippen molar-refractivity contribution < 1.29 is 23.8 Å². The van der Waals surface area contributed by atoms with Crippen molar-refractivity contribution in [2.45, 2.75) is 26.2 Å². The molecule has 0 aliphatic rings. The van der Waals surface area contributed by atoms with Gasteiger partial charge in [-0.05, 0) is 64.3 Å². The van der Waals surface area contributed by atoms with Crippen LogP contribution in [-0.4, -0.2) is 35.8 Å². The van der Waals surface area contributed by atoms with Crippen LogP contribution in [0, 0.1) is 6.92 Å². The van der Waals surface area contributed by atoms with Gasteiger partial charge in [-0.3, -0.25) is 19.6 Å². The van der Waals surface area contributed by atoms with Gasteiger partial charge in [0, 0.05) is 34.7 Å². The maximum absolute atomic E-state index is 12.5. The summed E-state index contributed by atoms with van der Waals surface area (Å²) in [6.45, 7) is 1.93. The number of rotatable bonds is 10. The van der Waals surface area contributed by atoms with Gasteiger partial charge in [0.05, 0.1) is 38.3 Å². The molecule has 184 valence electrons. The van der Waals surface area contributed by atoms with Crippen LogP contribution in [0.4, 0.5) is 0 Å². The van der Waals surface area contributed by atoms with Crippen LogP contribution in [0.15, 0.2) is 65.4 Å². The molecule has 0 fully saturated rings. The Balaban J connectivity index is 1.39. The number of hydrogen-bond acceptors (Lipinski definition) is 7. The summed E-state index contributed by atoms with van der Waals surface area (Å²) in [6.07, 6.45) is 3.54. The van der Waals surface area contributed by atoms with Gasteiger partial charge in [0.25, 0.3) is 0 Å². The molecule has 0 aliphatic carbocycles. The molecule has 2 heterocycles. The molecule has 0 amide bonds. The van der Waals surface area contributed by atoms with Crippen molar-refractivity contribution >= 4 is 38.4 Å². The lowest BCUT2D eigenvalue weighted by atomic mass is 10.0. The SMILES string of the molecule is COc1cc2nccc(Oc3ccc(CC(=O)CC(=O)Cc4ncc(C)cc4Br)cc3)c2cc1OC. The minimum atomic E-state index is -0.159. The molecule has 4 aromatic rings. The lowest BCUT2D eigenvalue weighted by molar-refractivity contribution is -0.126. The Kier molecular flexibility index (Phi) is 7.95. The van der Waals surface area contributed by atoms with E-state index < -0.39 is 0 Å². The average Bonchev–Trinajstić information content (AvgIpc) is 2.86. The molecule has 0 atom stereocenters. The smallest absolute Gasteiger partial charge is 0.162 e. The van der Waals surface area contributed by atoms with Crippen molar-refractivity contribution in [1.29, 1.82) is 0 Å². The molecule has 0 bridgehead atoms. The summed E-state index contributed by atoms with van der Waals surface area (Å²) in [5.41, 5.74) is 3.16. The zero-order valence-corrected chi connectivity index (χ0v) is 21.8. The number of Topliss-reactive ketones (excluding diaryl/α,β-unsaturated/α-hetero) is 2. The summed E-state index contributed by atoms with van der Waals surface area (Å²) in [6, 6.07) is 14.5.